The average Bonchev–Trinajstić information content (AvgIpc) is 2.57. The second kappa shape index (κ2) is 7.29. The molecule has 0 saturated heterocycles. The Morgan fingerprint density at radius 3 is 1.78 bits per heavy atom. The van der Waals surface area contributed by atoms with E-state index in [0.717, 1.165) is 6.07 Å². The van der Waals surface area contributed by atoms with Gasteiger partial charge in [-0.2, -0.15) is 26.3 Å². The number of halogens is 6. The minimum absolute atomic E-state index is 0.0228. The van der Waals surface area contributed by atoms with Gasteiger partial charge in [0.25, 0.3) is 5.91 Å². The summed E-state index contributed by atoms with van der Waals surface area (Å²) in [7, 11) is 0. The summed E-state index contributed by atoms with van der Waals surface area (Å²) >= 11 is 0. The molecule has 2 N–H and O–H groups in total. The third-order valence-corrected chi connectivity index (χ3v) is 3.50. The Balaban J connectivity index is 2.30. The van der Waals surface area contributed by atoms with E-state index in [9.17, 15) is 35.9 Å². The highest BCUT2D eigenvalue weighted by molar-refractivity contribution is 6.04. The van der Waals surface area contributed by atoms with Gasteiger partial charge in [-0.05, 0) is 35.9 Å². The fourth-order valence-corrected chi connectivity index (χ4v) is 2.27. The van der Waals surface area contributed by atoms with Crippen molar-refractivity contribution in [2.75, 3.05) is 0 Å². The van der Waals surface area contributed by atoms with Crippen LogP contribution >= 0.6 is 0 Å². The number of hydrogen-bond acceptors (Lipinski definition) is 2. The van der Waals surface area contributed by atoms with E-state index < -0.39 is 47.5 Å². The third kappa shape index (κ3) is 4.99. The molecule has 10 heteroatoms. The van der Waals surface area contributed by atoms with Crippen molar-refractivity contribution in [1.82, 2.24) is 5.32 Å². The highest BCUT2D eigenvalue weighted by Crippen LogP contribution is 2.36. The number of amides is 1. The first-order chi connectivity index (χ1) is 12.4. The summed E-state index contributed by atoms with van der Waals surface area (Å²) in [5.41, 5.74) is -4.07. The number of carbonyl (C=O) groups is 2. The molecule has 144 valence electrons. The van der Waals surface area contributed by atoms with E-state index in [0.29, 0.717) is 12.1 Å². The van der Waals surface area contributed by atoms with Crippen LogP contribution in [0.15, 0.2) is 42.5 Å². The maximum Gasteiger partial charge on any atom is 0.416 e. The molecule has 0 spiro atoms. The Kier molecular flexibility index (Phi) is 5.48. The summed E-state index contributed by atoms with van der Waals surface area (Å²) in [5.74, 6) is -2.35. The number of nitrogens with one attached hydrogen (secondary N) is 1. The number of aromatic carboxylic acids is 1. The van der Waals surface area contributed by atoms with Gasteiger partial charge in [-0.1, -0.05) is 12.1 Å². The highest BCUT2D eigenvalue weighted by Gasteiger charge is 2.36. The number of alkyl halides is 6. The number of carboxylic acids is 1. The van der Waals surface area contributed by atoms with Crippen LogP contribution < -0.4 is 5.32 Å². The monoisotopic (exact) mass is 391 g/mol. The van der Waals surface area contributed by atoms with Crippen molar-refractivity contribution in [2.45, 2.75) is 18.9 Å². The van der Waals surface area contributed by atoms with Crippen LogP contribution in [0.5, 0.6) is 0 Å². The normalized spacial score (nSPS) is 11.9. The van der Waals surface area contributed by atoms with Crippen molar-refractivity contribution in [3.63, 3.8) is 0 Å². The van der Waals surface area contributed by atoms with E-state index in [4.69, 9.17) is 5.11 Å². The van der Waals surface area contributed by atoms with Crippen LogP contribution in [-0.2, 0) is 18.9 Å². The van der Waals surface area contributed by atoms with E-state index in [-0.39, 0.29) is 17.2 Å². The lowest BCUT2D eigenvalue weighted by molar-refractivity contribution is -0.143. The molecule has 2 aromatic rings. The summed E-state index contributed by atoms with van der Waals surface area (Å²) in [6.45, 7) is -0.653. The minimum atomic E-state index is -5.00. The molecule has 2 rings (SSSR count). The molecule has 0 aliphatic rings. The molecule has 0 saturated carbocycles. The minimum Gasteiger partial charge on any atom is -0.478 e. The first-order valence-corrected chi connectivity index (χ1v) is 7.28. The van der Waals surface area contributed by atoms with Gasteiger partial charge in [0.05, 0.1) is 22.3 Å². The van der Waals surface area contributed by atoms with Crippen LogP contribution in [0.4, 0.5) is 26.3 Å². The van der Waals surface area contributed by atoms with Gasteiger partial charge in [0.15, 0.2) is 0 Å². The lowest BCUT2D eigenvalue weighted by Gasteiger charge is -2.15. The van der Waals surface area contributed by atoms with Crippen LogP contribution in [0.2, 0.25) is 0 Å². The van der Waals surface area contributed by atoms with Crippen LogP contribution in [-0.4, -0.2) is 17.0 Å². The molecule has 0 unspecified atom stereocenters. The van der Waals surface area contributed by atoms with E-state index in [2.05, 4.69) is 5.32 Å². The zero-order valence-electron chi connectivity index (χ0n) is 13.3. The zero-order chi connectivity index (χ0) is 20.4. The molecule has 0 aromatic heterocycles. The Morgan fingerprint density at radius 2 is 1.33 bits per heavy atom. The van der Waals surface area contributed by atoms with Crippen molar-refractivity contribution in [1.29, 1.82) is 0 Å². The standard InChI is InChI=1S/C17H11F6NO3/c18-16(19,20)10-5-9(6-11(7-10)17(21,22)23)8-24-14(25)12-3-1-2-4-13(12)15(26)27/h1-7H,8H2,(H,24,25)(H,26,27). The Labute approximate surface area is 148 Å². The molecule has 0 aliphatic carbocycles. The van der Waals surface area contributed by atoms with E-state index in [1.165, 1.54) is 18.2 Å². The molecule has 0 aliphatic heterocycles. The van der Waals surface area contributed by atoms with Crippen molar-refractivity contribution < 1.29 is 41.0 Å². The van der Waals surface area contributed by atoms with E-state index >= 15 is 0 Å². The summed E-state index contributed by atoms with van der Waals surface area (Å²) in [4.78, 5) is 23.2. The molecule has 27 heavy (non-hydrogen) atoms. The van der Waals surface area contributed by atoms with E-state index in [1.54, 1.807) is 0 Å². The first kappa shape index (κ1) is 20.3. The lowest BCUT2D eigenvalue weighted by atomic mass is 10.0. The molecule has 0 bridgehead atoms. The van der Waals surface area contributed by atoms with Crippen LogP contribution in [0.25, 0.3) is 0 Å². The predicted octanol–water partition coefficient (Wildman–Crippen LogP) is 4.35. The van der Waals surface area contributed by atoms with Crippen LogP contribution in [0, 0.1) is 0 Å². The molecule has 1 amide bonds. The largest absolute Gasteiger partial charge is 0.478 e. The molecule has 0 fully saturated rings. The summed E-state index contributed by atoms with van der Waals surface area (Å²) < 4.78 is 76.9. The number of benzene rings is 2. The smallest absolute Gasteiger partial charge is 0.416 e. The molecular formula is C17H11F6NO3. The summed E-state index contributed by atoms with van der Waals surface area (Å²) in [5, 5.41) is 11.2. The first-order valence-electron chi connectivity index (χ1n) is 7.28. The number of carbonyl (C=O) groups excluding carboxylic acids is 1. The van der Waals surface area contributed by atoms with Crippen LogP contribution in [0.3, 0.4) is 0 Å². The third-order valence-electron chi connectivity index (χ3n) is 3.50. The second-order valence-corrected chi connectivity index (χ2v) is 5.45. The van der Waals surface area contributed by atoms with Gasteiger partial charge in [0.2, 0.25) is 0 Å². The fourth-order valence-electron chi connectivity index (χ4n) is 2.27. The maximum absolute atomic E-state index is 12.8. The van der Waals surface area contributed by atoms with E-state index in [1.807, 2.05) is 0 Å². The molecule has 0 radical (unpaired) electrons. The van der Waals surface area contributed by atoms with Crippen molar-refractivity contribution >= 4 is 11.9 Å². The van der Waals surface area contributed by atoms with Gasteiger partial charge >= 0.3 is 18.3 Å². The average molecular weight is 391 g/mol. The van der Waals surface area contributed by atoms with Crippen molar-refractivity contribution in [3.8, 4) is 0 Å². The summed E-state index contributed by atoms with van der Waals surface area (Å²) in [6, 6.07) is 5.99. The van der Waals surface area contributed by atoms with Gasteiger partial charge in [-0.25, -0.2) is 4.79 Å². The van der Waals surface area contributed by atoms with Crippen molar-refractivity contribution in [3.05, 3.63) is 70.3 Å². The Hall–Kier alpha value is -3.04. The quantitative estimate of drug-likeness (QED) is 0.762. The fraction of sp³-hybridized carbons (Fsp3) is 0.176. The summed E-state index contributed by atoms with van der Waals surface area (Å²) in [6.07, 6.45) is -10.0. The van der Waals surface area contributed by atoms with Gasteiger partial charge in [0, 0.05) is 6.54 Å². The van der Waals surface area contributed by atoms with Gasteiger partial charge < -0.3 is 10.4 Å². The molecule has 2 aromatic carbocycles. The van der Waals surface area contributed by atoms with Gasteiger partial charge in [-0.3, -0.25) is 4.79 Å². The molecule has 0 heterocycles. The Bertz CT molecular complexity index is 841. The van der Waals surface area contributed by atoms with Gasteiger partial charge in [0.1, 0.15) is 0 Å². The topological polar surface area (TPSA) is 66.4 Å². The zero-order valence-corrected chi connectivity index (χ0v) is 13.3. The molecule has 4 nitrogen and oxygen atoms in total. The highest BCUT2D eigenvalue weighted by atomic mass is 19.4. The van der Waals surface area contributed by atoms with Crippen molar-refractivity contribution in [2.24, 2.45) is 0 Å². The maximum atomic E-state index is 12.8. The number of carboxylic acid groups (broad SMARTS) is 1. The van der Waals surface area contributed by atoms with Gasteiger partial charge in [-0.15, -0.1) is 0 Å². The molecular weight excluding hydrogens is 380 g/mol. The lowest BCUT2D eigenvalue weighted by Crippen LogP contribution is -2.25. The Morgan fingerprint density at radius 1 is 0.852 bits per heavy atom. The van der Waals surface area contributed by atoms with Crippen LogP contribution in [0.1, 0.15) is 37.4 Å². The number of rotatable bonds is 4. The number of hydrogen-bond donors (Lipinski definition) is 2. The predicted molar refractivity (Wildman–Crippen MR) is 81.0 cm³/mol. The SMILES string of the molecule is O=C(O)c1ccccc1C(=O)NCc1cc(C(F)(F)F)cc(C(F)(F)F)c1. The molecule has 0 atom stereocenters. The second-order valence-electron chi connectivity index (χ2n) is 5.45.